The van der Waals surface area contributed by atoms with E-state index in [9.17, 15) is 8.42 Å². The average molecular weight is 245 g/mol. The van der Waals surface area contributed by atoms with Crippen molar-refractivity contribution < 1.29 is 13.5 Å². The number of sulfonamides is 1. The van der Waals surface area contributed by atoms with E-state index in [0.717, 1.165) is 4.31 Å². The number of nitrogen functional groups attached to an aromatic ring is 1. The van der Waals surface area contributed by atoms with Crippen molar-refractivity contribution in [3.05, 3.63) is 18.5 Å². The number of pyridine rings is 1. The normalized spacial score (nSPS) is 14.0. The Balaban J connectivity index is 3.17. The van der Waals surface area contributed by atoms with Gasteiger partial charge in [-0.1, -0.05) is 0 Å². The van der Waals surface area contributed by atoms with Crippen LogP contribution in [0.2, 0.25) is 0 Å². The van der Waals surface area contributed by atoms with E-state index in [-0.39, 0.29) is 17.2 Å². The molecule has 0 aromatic carbocycles. The van der Waals surface area contributed by atoms with Crippen LogP contribution >= 0.6 is 0 Å². The maximum absolute atomic E-state index is 12.0. The summed E-state index contributed by atoms with van der Waals surface area (Å²) >= 11 is 0. The summed E-state index contributed by atoms with van der Waals surface area (Å²) in [6.07, 6.45) is 2.62. The van der Waals surface area contributed by atoms with Crippen molar-refractivity contribution >= 4 is 15.7 Å². The molecule has 1 heterocycles. The van der Waals surface area contributed by atoms with Gasteiger partial charge in [0.1, 0.15) is 4.90 Å². The fraction of sp³-hybridized carbons (Fsp3) is 0.444. The van der Waals surface area contributed by atoms with E-state index in [0.29, 0.717) is 0 Å². The van der Waals surface area contributed by atoms with E-state index in [1.165, 1.54) is 25.5 Å². The zero-order valence-corrected chi connectivity index (χ0v) is 9.98. The van der Waals surface area contributed by atoms with Crippen LogP contribution in [0.1, 0.15) is 6.92 Å². The number of aliphatic hydroxyl groups is 1. The highest BCUT2D eigenvalue weighted by Crippen LogP contribution is 2.20. The van der Waals surface area contributed by atoms with Gasteiger partial charge in [-0.25, -0.2) is 8.42 Å². The maximum Gasteiger partial charge on any atom is 0.246 e. The Morgan fingerprint density at radius 1 is 1.62 bits per heavy atom. The number of aromatic nitrogens is 1. The third kappa shape index (κ3) is 2.31. The predicted octanol–water partition coefficient (Wildman–Crippen LogP) is -0.335. The highest BCUT2D eigenvalue weighted by Gasteiger charge is 2.26. The molecule has 0 fully saturated rings. The van der Waals surface area contributed by atoms with E-state index in [1.54, 1.807) is 6.92 Å². The third-order valence-electron chi connectivity index (χ3n) is 2.36. The van der Waals surface area contributed by atoms with Crippen molar-refractivity contribution in [2.75, 3.05) is 19.4 Å². The first-order valence-electron chi connectivity index (χ1n) is 4.69. The van der Waals surface area contributed by atoms with Crippen LogP contribution in [0.25, 0.3) is 0 Å². The van der Waals surface area contributed by atoms with Gasteiger partial charge in [-0.2, -0.15) is 4.31 Å². The van der Waals surface area contributed by atoms with Crippen molar-refractivity contribution in [1.29, 1.82) is 0 Å². The topological polar surface area (TPSA) is 96.5 Å². The number of rotatable bonds is 4. The summed E-state index contributed by atoms with van der Waals surface area (Å²) in [6, 6.07) is 0.911. The van der Waals surface area contributed by atoms with Gasteiger partial charge in [-0.3, -0.25) is 4.98 Å². The Bertz CT molecular complexity index is 461. The number of anilines is 1. The minimum Gasteiger partial charge on any atom is -0.398 e. The van der Waals surface area contributed by atoms with Crippen LogP contribution < -0.4 is 5.73 Å². The molecule has 0 aliphatic heterocycles. The Hall–Kier alpha value is -1.18. The van der Waals surface area contributed by atoms with E-state index in [2.05, 4.69) is 4.98 Å². The van der Waals surface area contributed by atoms with Crippen molar-refractivity contribution in [3.8, 4) is 0 Å². The highest BCUT2D eigenvalue weighted by atomic mass is 32.2. The minimum atomic E-state index is -3.70. The summed E-state index contributed by atoms with van der Waals surface area (Å²) < 4.78 is 25.2. The maximum atomic E-state index is 12.0. The van der Waals surface area contributed by atoms with Crippen molar-refractivity contribution in [2.45, 2.75) is 17.9 Å². The second kappa shape index (κ2) is 4.77. The molecule has 7 heteroatoms. The number of nitrogens with zero attached hydrogens (tertiary/aromatic N) is 2. The van der Waals surface area contributed by atoms with Gasteiger partial charge in [0.25, 0.3) is 0 Å². The van der Waals surface area contributed by atoms with Gasteiger partial charge >= 0.3 is 0 Å². The van der Waals surface area contributed by atoms with Gasteiger partial charge < -0.3 is 10.8 Å². The van der Waals surface area contributed by atoms with Gasteiger partial charge in [-0.15, -0.1) is 0 Å². The van der Waals surface area contributed by atoms with Crippen molar-refractivity contribution in [1.82, 2.24) is 9.29 Å². The molecule has 1 unspecified atom stereocenters. The summed E-state index contributed by atoms with van der Waals surface area (Å²) in [6.45, 7) is 1.35. The van der Waals surface area contributed by atoms with Gasteiger partial charge in [0.2, 0.25) is 10.0 Å². The molecule has 0 radical (unpaired) electrons. The highest BCUT2D eigenvalue weighted by molar-refractivity contribution is 7.89. The van der Waals surface area contributed by atoms with E-state index < -0.39 is 16.1 Å². The van der Waals surface area contributed by atoms with Crippen LogP contribution in [0, 0.1) is 0 Å². The van der Waals surface area contributed by atoms with Crippen LogP contribution in [0.5, 0.6) is 0 Å². The lowest BCUT2D eigenvalue weighted by molar-refractivity contribution is 0.214. The van der Waals surface area contributed by atoms with E-state index >= 15 is 0 Å². The molecule has 1 atom stereocenters. The molecule has 90 valence electrons. The molecular weight excluding hydrogens is 230 g/mol. The Morgan fingerprint density at radius 3 is 2.75 bits per heavy atom. The summed E-state index contributed by atoms with van der Waals surface area (Å²) in [5.41, 5.74) is 5.72. The molecule has 0 amide bonds. The molecule has 0 aliphatic carbocycles. The van der Waals surface area contributed by atoms with Crippen LogP contribution in [-0.4, -0.2) is 42.5 Å². The number of aliphatic hydroxyl groups excluding tert-OH is 1. The van der Waals surface area contributed by atoms with Crippen LogP contribution in [0.3, 0.4) is 0 Å². The van der Waals surface area contributed by atoms with Crippen molar-refractivity contribution in [2.24, 2.45) is 0 Å². The van der Waals surface area contributed by atoms with Crippen molar-refractivity contribution in [3.63, 3.8) is 0 Å². The quantitative estimate of drug-likeness (QED) is 0.756. The molecule has 6 nitrogen and oxygen atoms in total. The lowest BCUT2D eigenvalue weighted by atomic mass is 10.4. The predicted molar refractivity (Wildman–Crippen MR) is 60.1 cm³/mol. The Kier molecular flexibility index (Phi) is 3.84. The summed E-state index contributed by atoms with van der Waals surface area (Å²) in [5, 5.41) is 8.93. The summed E-state index contributed by atoms with van der Waals surface area (Å²) in [4.78, 5) is 3.69. The Morgan fingerprint density at radius 2 is 2.25 bits per heavy atom. The molecule has 0 spiro atoms. The fourth-order valence-corrected chi connectivity index (χ4v) is 2.52. The zero-order valence-electron chi connectivity index (χ0n) is 9.16. The first-order chi connectivity index (χ1) is 7.41. The van der Waals surface area contributed by atoms with Gasteiger partial charge in [0.15, 0.2) is 0 Å². The first-order valence-corrected chi connectivity index (χ1v) is 6.13. The molecule has 0 saturated carbocycles. The monoisotopic (exact) mass is 245 g/mol. The van der Waals surface area contributed by atoms with E-state index in [1.807, 2.05) is 0 Å². The lowest BCUT2D eigenvalue weighted by Crippen LogP contribution is -2.37. The molecular formula is C9H15N3O3S. The standard InChI is InChI=1S/C9H15N3O3S/c1-7(6-13)12(2)16(14,15)9-5-11-4-3-8(9)10/h3-5,7,13H,6H2,1-2H3,(H2,10,11). The number of hydrogen-bond donors (Lipinski definition) is 2. The zero-order chi connectivity index (χ0) is 12.3. The van der Waals surface area contributed by atoms with Gasteiger partial charge in [0, 0.05) is 25.5 Å². The first kappa shape index (κ1) is 12.9. The minimum absolute atomic E-state index is 0.0437. The lowest BCUT2D eigenvalue weighted by Gasteiger charge is -2.22. The SMILES string of the molecule is CC(CO)N(C)S(=O)(=O)c1cnccc1N. The second-order valence-electron chi connectivity index (χ2n) is 3.47. The molecule has 0 bridgehead atoms. The van der Waals surface area contributed by atoms with E-state index in [4.69, 9.17) is 10.8 Å². The molecule has 1 rings (SSSR count). The average Bonchev–Trinajstić information content (AvgIpc) is 2.27. The smallest absolute Gasteiger partial charge is 0.246 e. The van der Waals surface area contributed by atoms with Crippen LogP contribution in [0.15, 0.2) is 23.4 Å². The molecule has 1 aromatic rings. The van der Waals surface area contributed by atoms with Gasteiger partial charge in [-0.05, 0) is 13.0 Å². The summed E-state index contributed by atoms with van der Waals surface area (Å²) in [7, 11) is -2.30. The Labute approximate surface area is 94.8 Å². The number of likely N-dealkylation sites (N-methyl/N-ethyl adjacent to an activating group) is 1. The molecule has 1 aromatic heterocycles. The molecule has 0 aliphatic rings. The van der Waals surface area contributed by atoms with Crippen LogP contribution in [-0.2, 0) is 10.0 Å². The second-order valence-corrected chi connectivity index (χ2v) is 5.43. The largest absolute Gasteiger partial charge is 0.398 e. The summed E-state index contributed by atoms with van der Waals surface area (Å²) in [5.74, 6) is 0. The molecule has 16 heavy (non-hydrogen) atoms. The fourth-order valence-electron chi connectivity index (χ4n) is 1.11. The molecule has 0 saturated heterocycles. The third-order valence-corrected chi connectivity index (χ3v) is 4.37. The van der Waals surface area contributed by atoms with Crippen LogP contribution in [0.4, 0.5) is 5.69 Å². The van der Waals surface area contributed by atoms with Gasteiger partial charge in [0.05, 0.1) is 12.3 Å². The number of nitrogens with two attached hydrogens (primary N) is 1. The molecule has 3 N–H and O–H groups in total. The number of hydrogen-bond acceptors (Lipinski definition) is 5.